The lowest BCUT2D eigenvalue weighted by Gasteiger charge is -2.55. The zero-order chi connectivity index (χ0) is 27.0. The Bertz CT molecular complexity index is 1280. The Hall–Kier alpha value is -2.93. The number of phenolic OH excluding ortho intramolecular Hbond substituents is 2. The second kappa shape index (κ2) is 8.54. The monoisotopic (exact) mass is 521 g/mol. The number of aromatic hydroxyl groups is 2. The largest absolute Gasteiger partial charge is 0.504 e. The second-order valence-electron chi connectivity index (χ2n) is 12.2. The summed E-state index contributed by atoms with van der Waals surface area (Å²) in [6, 6.07) is 10.9. The minimum absolute atomic E-state index is 0.0308. The molecule has 204 valence electrons. The van der Waals surface area contributed by atoms with Gasteiger partial charge in [-0.15, -0.1) is 0 Å². The summed E-state index contributed by atoms with van der Waals surface area (Å²) in [7, 11) is 0. The molecule has 2 saturated heterocycles. The normalized spacial score (nSPS) is 34.3. The van der Waals surface area contributed by atoms with Crippen molar-refractivity contribution in [2.45, 2.75) is 72.1 Å². The van der Waals surface area contributed by atoms with E-state index in [0.717, 1.165) is 30.4 Å². The summed E-state index contributed by atoms with van der Waals surface area (Å²) in [6.07, 6.45) is 2.63. The molecule has 4 aliphatic rings. The Labute approximate surface area is 224 Å². The first-order valence-electron chi connectivity index (χ1n) is 13.9. The highest BCUT2D eigenvalue weighted by Gasteiger charge is 2.83. The van der Waals surface area contributed by atoms with Gasteiger partial charge in [-0.1, -0.05) is 26.0 Å². The molecule has 6 atom stereocenters. The molecule has 1 amide bonds. The van der Waals surface area contributed by atoms with Crippen LogP contribution in [0, 0.1) is 22.2 Å². The summed E-state index contributed by atoms with van der Waals surface area (Å²) in [5.41, 5.74) is 1.42. The van der Waals surface area contributed by atoms with Crippen LogP contribution in [-0.2, 0) is 9.53 Å². The van der Waals surface area contributed by atoms with Crippen LogP contribution in [0.15, 0.2) is 36.4 Å². The summed E-state index contributed by atoms with van der Waals surface area (Å²) < 4.78 is 18.3. The van der Waals surface area contributed by atoms with Crippen molar-refractivity contribution in [3.63, 3.8) is 0 Å². The van der Waals surface area contributed by atoms with Gasteiger partial charge in [0, 0.05) is 30.4 Å². The van der Waals surface area contributed by atoms with Gasteiger partial charge in [-0.25, -0.2) is 0 Å². The number of nitrogens with zero attached hydrogens (tertiary/aromatic N) is 1. The Kier molecular flexibility index (Phi) is 5.69. The quantitative estimate of drug-likeness (QED) is 0.503. The van der Waals surface area contributed by atoms with Gasteiger partial charge in [0.15, 0.2) is 23.0 Å². The molecule has 38 heavy (non-hydrogen) atoms. The molecular formula is C31H39NO6. The van der Waals surface area contributed by atoms with Crippen LogP contribution in [0.2, 0.25) is 0 Å². The number of hydrogen-bond acceptors (Lipinski definition) is 6. The van der Waals surface area contributed by atoms with Gasteiger partial charge in [-0.05, 0) is 79.8 Å². The molecule has 0 aromatic heterocycles. The summed E-state index contributed by atoms with van der Waals surface area (Å²) in [4.78, 5) is 15.8. The fraction of sp³-hybridized carbons (Fsp3) is 0.581. The van der Waals surface area contributed by atoms with Gasteiger partial charge in [-0.2, -0.15) is 0 Å². The van der Waals surface area contributed by atoms with Crippen LogP contribution >= 0.6 is 0 Å². The smallest absolute Gasteiger partial charge is 0.220 e. The van der Waals surface area contributed by atoms with Gasteiger partial charge in [0.05, 0.1) is 25.4 Å². The van der Waals surface area contributed by atoms with E-state index in [1.165, 1.54) is 0 Å². The Morgan fingerprint density at radius 3 is 2.21 bits per heavy atom. The first kappa shape index (κ1) is 25.4. The molecule has 2 aromatic carbocycles. The van der Waals surface area contributed by atoms with E-state index in [0.29, 0.717) is 37.2 Å². The molecule has 0 unspecified atom stereocenters. The van der Waals surface area contributed by atoms with E-state index >= 15 is 0 Å². The van der Waals surface area contributed by atoms with Crippen molar-refractivity contribution in [3.8, 4) is 23.0 Å². The number of ether oxygens (including phenoxy) is 3. The molecule has 0 radical (unpaired) electrons. The SMILES string of the molecule is CCOc1cc([C@@H]2N(C(C)=O)[C@@H]3C(C)(C)[C@H]4C[C@@]35CCO[C@@H](c3ccc(O)c(OCC)c3)[C@@]25C4)ccc1O. The fourth-order valence-corrected chi connectivity index (χ4v) is 9.19. The van der Waals surface area contributed by atoms with Crippen LogP contribution < -0.4 is 9.47 Å². The van der Waals surface area contributed by atoms with Gasteiger partial charge in [0.25, 0.3) is 0 Å². The average molecular weight is 522 g/mol. The number of benzene rings is 2. The van der Waals surface area contributed by atoms with Crippen LogP contribution in [0.3, 0.4) is 0 Å². The summed E-state index contributed by atoms with van der Waals surface area (Å²) in [6.45, 7) is 11.7. The number of carbonyl (C=O) groups is 1. The molecule has 7 heteroatoms. The van der Waals surface area contributed by atoms with Crippen molar-refractivity contribution in [3.05, 3.63) is 47.5 Å². The summed E-state index contributed by atoms with van der Waals surface area (Å²) in [5.74, 6) is 1.61. The van der Waals surface area contributed by atoms with Crippen LogP contribution in [0.5, 0.6) is 23.0 Å². The van der Waals surface area contributed by atoms with E-state index in [9.17, 15) is 15.0 Å². The average Bonchev–Trinajstić information content (AvgIpc) is 3.41. The molecule has 2 heterocycles. The lowest BCUT2D eigenvalue weighted by Crippen LogP contribution is -2.55. The third-order valence-corrected chi connectivity index (χ3v) is 10.3. The molecule has 2 aliphatic heterocycles. The Morgan fingerprint density at radius 1 is 1.00 bits per heavy atom. The van der Waals surface area contributed by atoms with Gasteiger partial charge in [-0.3, -0.25) is 4.79 Å². The molecule has 7 nitrogen and oxygen atoms in total. The lowest BCUT2D eigenvalue weighted by molar-refractivity contribution is -0.164. The Balaban J connectivity index is 1.60. The lowest BCUT2D eigenvalue weighted by atomic mass is 9.51. The number of amides is 1. The van der Waals surface area contributed by atoms with Crippen molar-refractivity contribution < 1.29 is 29.2 Å². The molecule has 4 fully saturated rings. The second-order valence-corrected chi connectivity index (χ2v) is 12.2. The van der Waals surface area contributed by atoms with E-state index in [-0.39, 0.29) is 51.8 Å². The molecule has 2 bridgehead atoms. The van der Waals surface area contributed by atoms with E-state index in [1.54, 1.807) is 19.1 Å². The molecule has 2 N–H and O–H groups in total. The van der Waals surface area contributed by atoms with Gasteiger partial charge >= 0.3 is 0 Å². The number of rotatable bonds is 6. The van der Waals surface area contributed by atoms with Crippen LogP contribution in [0.1, 0.15) is 77.2 Å². The fourth-order valence-electron chi connectivity index (χ4n) is 9.19. The van der Waals surface area contributed by atoms with E-state index in [1.807, 2.05) is 38.1 Å². The van der Waals surface area contributed by atoms with Crippen LogP contribution in [-0.4, -0.2) is 46.9 Å². The molecule has 1 spiro atoms. The first-order valence-corrected chi connectivity index (χ1v) is 13.9. The predicted octanol–water partition coefficient (Wildman–Crippen LogP) is 5.75. The van der Waals surface area contributed by atoms with Gasteiger partial charge < -0.3 is 29.3 Å². The zero-order valence-corrected chi connectivity index (χ0v) is 23.0. The molecule has 2 aliphatic carbocycles. The summed E-state index contributed by atoms with van der Waals surface area (Å²) >= 11 is 0. The molecule has 2 saturated carbocycles. The highest BCUT2D eigenvalue weighted by Crippen LogP contribution is 2.85. The molecule has 2 aromatic rings. The van der Waals surface area contributed by atoms with E-state index < -0.39 is 0 Å². The predicted molar refractivity (Wildman–Crippen MR) is 142 cm³/mol. The third-order valence-electron chi connectivity index (χ3n) is 10.3. The third kappa shape index (κ3) is 3.08. The van der Waals surface area contributed by atoms with Crippen molar-refractivity contribution in [2.24, 2.45) is 22.2 Å². The number of phenols is 2. The van der Waals surface area contributed by atoms with Crippen LogP contribution in [0.4, 0.5) is 0 Å². The highest BCUT2D eigenvalue weighted by molar-refractivity contribution is 5.76. The summed E-state index contributed by atoms with van der Waals surface area (Å²) in [5, 5.41) is 21.0. The molecule has 6 rings (SSSR count). The maximum Gasteiger partial charge on any atom is 0.220 e. The van der Waals surface area contributed by atoms with Crippen molar-refractivity contribution in [2.75, 3.05) is 19.8 Å². The minimum atomic E-state index is -0.372. The van der Waals surface area contributed by atoms with E-state index in [2.05, 4.69) is 18.7 Å². The van der Waals surface area contributed by atoms with E-state index in [4.69, 9.17) is 14.2 Å². The number of carbonyl (C=O) groups excluding carboxylic acids is 1. The number of hydrogen-bond donors (Lipinski definition) is 2. The standard InChI is InChI=1S/C31H39NO6/c1-6-36-24-14-19(8-10-22(24)34)26-31-17-21-16-30(31,28(29(21,4)5)32(26)18(3)33)12-13-38-27(31)20-9-11-23(35)25(15-20)37-7-2/h8-11,14-15,21,26-28,34-35H,6-7,12-13,16-17H2,1-5H3/t21-,26-,27-,28+,30-,31+/m0/s1. The van der Waals surface area contributed by atoms with Crippen LogP contribution in [0.25, 0.3) is 0 Å². The number of fused-ring (bicyclic) bond motifs is 1. The minimum Gasteiger partial charge on any atom is -0.504 e. The first-order chi connectivity index (χ1) is 18.1. The topological polar surface area (TPSA) is 88.5 Å². The highest BCUT2D eigenvalue weighted by atomic mass is 16.5. The zero-order valence-electron chi connectivity index (χ0n) is 23.0. The maximum atomic E-state index is 13.6. The Morgan fingerprint density at radius 2 is 1.61 bits per heavy atom. The van der Waals surface area contributed by atoms with Crippen molar-refractivity contribution in [1.29, 1.82) is 0 Å². The number of likely N-dealkylation sites (tertiary alicyclic amines) is 1. The van der Waals surface area contributed by atoms with Crippen molar-refractivity contribution in [1.82, 2.24) is 4.90 Å². The van der Waals surface area contributed by atoms with Crippen molar-refractivity contribution >= 4 is 5.91 Å². The maximum absolute atomic E-state index is 13.6. The van der Waals surface area contributed by atoms with Gasteiger partial charge in [0.2, 0.25) is 5.91 Å². The molecular weight excluding hydrogens is 482 g/mol. The van der Waals surface area contributed by atoms with Gasteiger partial charge in [0.1, 0.15) is 0 Å².